The van der Waals surface area contributed by atoms with Crippen molar-refractivity contribution in [2.45, 2.75) is 0 Å². The molecule has 0 unspecified atom stereocenters. The summed E-state index contributed by atoms with van der Waals surface area (Å²) in [5.41, 5.74) is 1.50. The Morgan fingerprint density at radius 2 is 2.00 bits per heavy atom. The van der Waals surface area contributed by atoms with Gasteiger partial charge in [0.15, 0.2) is 5.13 Å². The van der Waals surface area contributed by atoms with E-state index < -0.39 is 0 Å². The fraction of sp³-hybridized carbons (Fsp3) is 0.263. The first-order valence-corrected chi connectivity index (χ1v) is 9.75. The molecule has 2 aromatic carbocycles. The van der Waals surface area contributed by atoms with Gasteiger partial charge in [-0.05, 0) is 50.5 Å². The normalized spacial score (nSPS) is 11.1. The quantitative estimate of drug-likeness (QED) is 0.581. The highest BCUT2D eigenvalue weighted by Crippen LogP contribution is 2.32. The number of halogens is 1. The largest absolute Gasteiger partial charge is 0.497 e. The van der Waals surface area contributed by atoms with E-state index >= 15 is 0 Å². The highest BCUT2D eigenvalue weighted by molar-refractivity contribution is 9.10. The van der Waals surface area contributed by atoms with Crippen LogP contribution in [0.2, 0.25) is 0 Å². The molecule has 1 amide bonds. The summed E-state index contributed by atoms with van der Waals surface area (Å²) in [4.78, 5) is 21.6. The Balaban J connectivity index is 1.98. The van der Waals surface area contributed by atoms with Crippen molar-refractivity contribution in [1.29, 1.82) is 0 Å². The molecule has 0 spiro atoms. The number of hydrogen-bond acceptors (Lipinski definition) is 5. The lowest BCUT2D eigenvalue weighted by Gasteiger charge is -2.22. The molecule has 26 heavy (non-hydrogen) atoms. The summed E-state index contributed by atoms with van der Waals surface area (Å²) in [6.07, 6.45) is 0. The van der Waals surface area contributed by atoms with Crippen LogP contribution in [0.25, 0.3) is 10.2 Å². The van der Waals surface area contributed by atoms with Crippen molar-refractivity contribution >= 4 is 48.5 Å². The van der Waals surface area contributed by atoms with Crippen molar-refractivity contribution in [3.63, 3.8) is 0 Å². The lowest BCUT2D eigenvalue weighted by Crippen LogP contribution is -2.36. The van der Waals surface area contributed by atoms with Gasteiger partial charge in [-0.3, -0.25) is 9.69 Å². The van der Waals surface area contributed by atoms with Gasteiger partial charge in [0, 0.05) is 23.1 Å². The highest BCUT2D eigenvalue weighted by atomic mass is 79.9. The Morgan fingerprint density at radius 1 is 1.19 bits per heavy atom. The van der Waals surface area contributed by atoms with Crippen LogP contribution in [0.5, 0.6) is 5.75 Å². The number of benzene rings is 2. The van der Waals surface area contributed by atoms with Gasteiger partial charge in [-0.15, -0.1) is 0 Å². The van der Waals surface area contributed by atoms with E-state index in [0.717, 1.165) is 27.0 Å². The van der Waals surface area contributed by atoms with Crippen LogP contribution in [0.15, 0.2) is 46.9 Å². The number of amides is 1. The van der Waals surface area contributed by atoms with Gasteiger partial charge in [-0.2, -0.15) is 0 Å². The molecule has 0 aliphatic heterocycles. The van der Waals surface area contributed by atoms with Crippen molar-refractivity contribution in [1.82, 2.24) is 9.88 Å². The van der Waals surface area contributed by atoms with E-state index in [1.807, 2.05) is 56.6 Å². The van der Waals surface area contributed by atoms with Gasteiger partial charge in [-0.25, -0.2) is 4.98 Å². The maximum Gasteiger partial charge on any atom is 0.260 e. The minimum absolute atomic E-state index is 0.0563. The maximum atomic E-state index is 13.1. The summed E-state index contributed by atoms with van der Waals surface area (Å²) in [5.74, 6) is 0.727. The van der Waals surface area contributed by atoms with E-state index in [4.69, 9.17) is 4.74 Å². The van der Waals surface area contributed by atoms with E-state index in [-0.39, 0.29) is 5.91 Å². The topological polar surface area (TPSA) is 45.7 Å². The first-order chi connectivity index (χ1) is 12.5. The molecule has 3 aromatic rings. The number of carbonyl (C=O) groups excluding carboxylic acids is 1. The first kappa shape index (κ1) is 18.8. The minimum atomic E-state index is -0.0563. The fourth-order valence-electron chi connectivity index (χ4n) is 2.50. The number of thiazole rings is 1. The molecule has 136 valence electrons. The van der Waals surface area contributed by atoms with Crippen LogP contribution in [0, 0.1) is 0 Å². The van der Waals surface area contributed by atoms with Crippen molar-refractivity contribution in [3.05, 3.63) is 52.5 Å². The standard InChI is InChI=1S/C19H20BrN3O2S/c1-22(2)9-10-23(18(24)13-5-4-6-14(20)11-13)19-21-16-8-7-15(25-3)12-17(16)26-19/h4-8,11-12H,9-10H2,1-3H3. The van der Waals surface area contributed by atoms with Gasteiger partial charge < -0.3 is 9.64 Å². The van der Waals surface area contributed by atoms with E-state index in [9.17, 15) is 4.79 Å². The van der Waals surface area contributed by atoms with Gasteiger partial charge in [0.1, 0.15) is 5.75 Å². The van der Waals surface area contributed by atoms with Crippen LogP contribution < -0.4 is 9.64 Å². The van der Waals surface area contributed by atoms with Crippen molar-refractivity contribution < 1.29 is 9.53 Å². The molecule has 0 fully saturated rings. The number of ether oxygens (including phenoxy) is 1. The summed E-state index contributed by atoms with van der Waals surface area (Å²) >= 11 is 4.93. The molecule has 1 aromatic heterocycles. The molecule has 0 saturated heterocycles. The summed E-state index contributed by atoms with van der Waals surface area (Å²) in [6, 6.07) is 13.2. The Morgan fingerprint density at radius 3 is 2.69 bits per heavy atom. The number of anilines is 1. The summed E-state index contributed by atoms with van der Waals surface area (Å²) < 4.78 is 7.16. The lowest BCUT2D eigenvalue weighted by molar-refractivity contribution is 0.0985. The third-order valence-electron chi connectivity index (χ3n) is 3.90. The fourth-order valence-corrected chi connectivity index (χ4v) is 3.91. The molecule has 1 heterocycles. The van der Waals surface area contributed by atoms with E-state index in [1.54, 1.807) is 12.0 Å². The van der Waals surface area contributed by atoms with Crippen LogP contribution in [-0.4, -0.2) is 50.1 Å². The second-order valence-corrected chi connectivity index (χ2v) is 8.03. The summed E-state index contributed by atoms with van der Waals surface area (Å²) in [6.45, 7) is 1.31. The highest BCUT2D eigenvalue weighted by Gasteiger charge is 2.21. The third kappa shape index (κ3) is 4.23. The van der Waals surface area contributed by atoms with E-state index in [0.29, 0.717) is 17.2 Å². The second-order valence-electron chi connectivity index (χ2n) is 6.10. The minimum Gasteiger partial charge on any atom is -0.497 e. The molecule has 5 nitrogen and oxygen atoms in total. The van der Waals surface area contributed by atoms with Crippen LogP contribution in [-0.2, 0) is 0 Å². The van der Waals surface area contributed by atoms with Crippen LogP contribution in [0.4, 0.5) is 5.13 Å². The zero-order valence-corrected chi connectivity index (χ0v) is 17.3. The number of carbonyl (C=O) groups is 1. The molecular formula is C19H20BrN3O2S. The SMILES string of the molecule is COc1ccc2nc(N(CCN(C)C)C(=O)c3cccc(Br)c3)sc2c1. The van der Waals surface area contributed by atoms with E-state index in [1.165, 1.54) is 11.3 Å². The van der Waals surface area contributed by atoms with Crippen LogP contribution in [0.1, 0.15) is 10.4 Å². The van der Waals surface area contributed by atoms with Gasteiger partial charge in [0.05, 0.1) is 17.3 Å². The second kappa shape index (κ2) is 8.16. The number of hydrogen-bond donors (Lipinski definition) is 0. The molecule has 0 radical (unpaired) electrons. The number of aromatic nitrogens is 1. The molecule has 0 bridgehead atoms. The monoisotopic (exact) mass is 433 g/mol. The van der Waals surface area contributed by atoms with Gasteiger partial charge in [0.25, 0.3) is 5.91 Å². The zero-order chi connectivity index (χ0) is 18.7. The Kier molecular flexibility index (Phi) is 5.90. The predicted octanol–water partition coefficient (Wildman–Crippen LogP) is 4.28. The summed E-state index contributed by atoms with van der Waals surface area (Å²) in [7, 11) is 5.62. The van der Waals surface area contributed by atoms with Crippen molar-refractivity contribution in [3.8, 4) is 5.75 Å². The third-order valence-corrected chi connectivity index (χ3v) is 5.44. The van der Waals surface area contributed by atoms with Crippen LogP contribution >= 0.6 is 27.3 Å². The number of nitrogens with zero attached hydrogens (tertiary/aromatic N) is 3. The number of fused-ring (bicyclic) bond motifs is 1. The van der Waals surface area contributed by atoms with Crippen LogP contribution in [0.3, 0.4) is 0 Å². The molecule has 0 N–H and O–H groups in total. The van der Waals surface area contributed by atoms with Gasteiger partial charge in [0.2, 0.25) is 0 Å². The molecule has 7 heteroatoms. The Labute approximate surface area is 165 Å². The first-order valence-electron chi connectivity index (χ1n) is 8.14. The number of methoxy groups -OCH3 is 1. The number of rotatable bonds is 6. The average Bonchev–Trinajstić information content (AvgIpc) is 3.04. The molecule has 0 aliphatic rings. The molecule has 0 aliphatic carbocycles. The molecular weight excluding hydrogens is 414 g/mol. The Bertz CT molecular complexity index is 926. The van der Waals surface area contributed by atoms with Gasteiger partial charge in [-0.1, -0.05) is 33.3 Å². The van der Waals surface area contributed by atoms with E-state index in [2.05, 4.69) is 25.8 Å². The average molecular weight is 434 g/mol. The summed E-state index contributed by atoms with van der Waals surface area (Å²) in [5, 5.41) is 0.695. The van der Waals surface area contributed by atoms with Crippen molar-refractivity contribution in [2.75, 3.05) is 39.2 Å². The maximum absolute atomic E-state index is 13.1. The van der Waals surface area contributed by atoms with Crippen molar-refractivity contribution in [2.24, 2.45) is 0 Å². The Hall–Kier alpha value is -1.96. The molecule has 0 atom stereocenters. The smallest absolute Gasteiger partial charge is 0.260 e. The number of likely N-dealkylation sites (N-methyl/N-ethyl adjacent to an activating group) is 1. The zero-order valence-electron chi connectivity index (χ0n) is 14.9. The molecule has 3 rings (SSSR count). The van der Waals surface area contributed by atoms with Gasteiger partial charge >= 0.3 is 0 Å². The lowest BCUT2D eigenvalue weighted by atomic mass is 10.2. The molecule has 0 saturated carbocycles. The predicted molar refractivity (Wildman–Crippen MR) is 111 cm³/mol.